The smallest absolute Gasteiger partial charge is 0.329 e. The molecule has 1 heterocycles. The number of amides is 3. The monoisotopic (exact) mass is 567 g/mol. The third-order valence-corrected chi connectivity index (χ3v) is 8.45. The van der Waals surface area contributed by atoms with Crippen LogP contribution in [0.3, 0.4) is 0 Å². The fraction of sp³-hybridized carbons (Fsp3) is 0.312. The van der Waals surface area contributed by atoms with E-state index >= 15 is 0 Å². The zero-order valence-corrected chi connectivity index (χ0v) is 23.1. The van der Waals surface area contributed by atoms with Crippen LogP contribution in [-0.2, 0) is 23.9 Å². The molecule has 1 fully saturated rings. The van der Waals surface area contributed by atoms with Gasteiger partial charge in [-0.2, -0.15) is 0 Å². The van der Waals surface area contributed by atoms with Gasteiger partial charge in [0.1, 0.15) is 6.04 Å². The van der Waals surface area contributed by atoms with Gasteiger partial charge in [0.25, 0.3) is 11.6 Å². The third-order valence-electron chi connectivity index (χ3n) is 8.45. The maximum absolute atomic E-state index is 14.1. The Morgan fingerprint density at radius 3 is 1.88 bits per heavy atom. The Kier molecular flexibility index (Phi) is 6.84. The number of non-ortho nitro benzene ring substituents is 1. The van der Waals surface area contributed by atoms with Crippen molar-refractivity contribution in [3.8, 4) is 0 Å². The fourth-order valence-corrected chi connectivity index (χ4v) is 6.89. The first-order valence-electron chi connectivity index (χ1n) is 13.9. The summed E-state index contributed by atoms with van der Waals surface area (Å²) in [4.78, 5) is 65.7. The van der Waals surface area contributed by atoms with Crippen LogP contribution in [0.2, 0.25) is 0 Å². The van der Waals surface area contributed by atoms with E-state index in [9.17, 15) is 29.3 Å². The van der Waals surface area contributed by atoms with E-state index in [0.717, 1.165) is 27.2 Å². The van der Waals surface area contributed by atoms with Crippen molar-refractivity contribution in [2.24, 2.45) is 17.8 Å². The fourth-order valence-electron chi connectivity index (χ4n) is 6.89. The van der Waals surface area contributed by atoms with Crippen LogP contribution < -0.4 is 5.32 Å². The Morgan fingerprint density at radius 2 is 1.40 bits per heavy atom. The molecule has 3 aliphatic carbocycles. The van der Waals surface area contributed by atoms with Crippen molar-refractivity contribution in [2.75, 3.05) is 11.9 Å². The molecule has 3 aromatic carbocycles. The van der Waals surface area contributed by atoms with E-state index in [-0.39, 0.29) is 35.5 Å². The molecular weight excluding hydrogens is 538 g/mol. The van der Waals surface area contributed by atoms with Gasteiger partial charge < -0.3 is 10.1 Å². The zero-order chi connectivity index (χ0) is 29.7. The van der Waals surface area contributed by atoms with Crippen molar-refractivity contribution in [3.05, 3.63) is 105 Å². The number of nitrogens with zero attached hydrogens (tertiary/aromatic N) is 2. The van der Waals surface area contributed by atoms with Crippen LogP contribution in [0.5, 0.6) is 0 Å². The van der Waals surface area contributed by atoms with Gasteiger partial charge >= 0.3 is 5.97 Å². The predicted octanol–water partition coefficient (Wildman–Crippen LogP) is 4.38. The molecule has 0 spiro atoms. The number of benzene rings is 3. The molecule has 1 aliphatic heterocycles. The van der Waals surface area contributed by atoms with Crippen LogP contribution in [0.1, 0.15) is 54.4 Å². The average molecular weight is 568 g/mol. The summed E-state index contributed by atoms with van der Waals surface area (Å²) in [5, 5.41) is 13.5. The van der Waals surface area contributed by atoms with Gasteiger partial charge in [-0.15, -0.1) is 0 Å². The summed E-state index contributed by atoms with van der Waals surface area (Å²) in [5.41, 5.74) is 4.11. The van der Waals surface area contributed by atoms with Gasteiger partial charge in [0.15, 0.2) is 6.61 Å². The molecule has 3 amide bonds. The molecule has 3 aromatic rings. The maximum atomic E-state index is 14.1. The Morgan fingerprint density at radius 1 is 0.881 bits per heavy atom. The topological polar surface area (TPSA) is 136 Å². The van der Waals surface area contributed by atoms with Crippen molar-refractivity contribution in [1.29, 1.82) is 0 Å². The number of hydrogen-bond acceptors (Lipinski definition) is 7. The van der Waals surface area contributed by atoms with E-state index in [4.69, 9.17) is 4.74 Å². The normalized spacial score (nSPS) is 22.3. The number of carbonyl (C=O) groups is 4. The third kappa shape index (κ3) is 4.43. The quantitative estimate of drug-likeness (QED) is 0.185. The number of hydrogen-bond donors (Lipinski definition) is 1. The number of imide groups is 1. The van der Waals surface area contributed by atoms with Gasteiger partial charge in [0.05, 0.1) is 16.8 Å². The lowest BCUT2D eigenvalue weighted by Crippen LogP contribution is -2.47. The molecular formula is C32H29N3O7. The molecule has 7 rings (SSSR count). The largest absolute Gasteiger partial charge is 0.454 e. The number of anilines is 1. The summed E-state index contributed by atoms with van der Waals surface area (Å²) in [6, 6.07) is 20.0. The molecule has 0 aromatic heterocycles. The van der Waals surface area contributed by atoms with E-state index < -0.39 is 53.1 Å². The number of esters is 1. The lowest BCUT2D eigenvalue weighted by Gasteiger charge is -2.45. The zero-order valence-electron chi connectivity index (χ0n) is 23.1. The number of ether oxygens (including phenoxy) is 1. The first-order valence-corrected chi connectivity index (χ1v) is 13.9. The summed E-state index contributed by atoms with van der Waals surface area (Å²) in [7, 11) is 0. The molecule has 214 valence electrons. The second kappa shape index (κ2) is 10.5. The molecule has 0 unspecified atom stereocenters. The first kappa shape index (κ1) is 27.3. The second-order valence-corrected chi connectivity index (χ2v) is 11.4. The highest BCUT2D eigenvalue weighted by Crippen LogP contribution is 2.61. The number of nitro groups is 1. The van der Waals surface area contributed by atoms with Crippen LogP contribution in [-0.4, -0.2) is 46.2 Å². The summed E-state index contributed by atoms with van der Waals surface area (Å²) in [6.07, 6.45) is 0.178. The Hall–Kier alpha value is -4.86. The molecule has 10 heteroatoms. The Labute approximate surface area is 241 Å². The minimum absolute atomic E-state index is 0.0596. The minimum atomic E-state index is -1.19. The second-order valence-electron chi connectivity index (χ2n) is 11.4. The minimum Gasteiger partial charge on any atom is -0.454 e. The number of carbonyl (C=O) groups excluding carboxylic acids is 4. The highest BCUT2D eigenvalue weighted by Gasteiger charge is 2.63. The lowest BCUT2D eigenvalue weighted by atomic mass is 9.55. The molecule has 3 atom stereocenters. The van der Waals surface area contributed by atoms with Crippen molar-refractivity contribution in [2.45, 2.75) is 38.1 Å². The standard InChI is InChI=1S/C32H29N3O7/c1-17(2)14-24(32(39)42-16-25(36)33-18-8-7-9-19(15-18)35(40)41)34-30(37)28-26-20-10-3-4-11-21(20)27(29(28)31(34)38)23-13-6-5-12-22(23)26/h3-13,15,17,24,26-29H,14,16H2,1-2H3,(H,33,36)/t24-,26?,27?,28+,29+/m1/s1. The highest BCUT2D eigenvalue weighted by atomic mass is 16.6. The highest BCUT2D eigenvalue weighted by molar-refractivity contribution is 6.10. The van der Waals surface area contributed by atoms with E-state index in [1.165, 1.54) is 24.3 Å². The van der Waals surface area contributed by atoms with E-state index in [2.05, 4.69) is 5.32 Å². The Balaban J connectivity index is 1.25. The summed E-state index contributed by atoms with van der Waals surface area (Å²) in [6.45, 7) is 3.08. The SMILES string of the molecule is CC(C)C[C@H](C(=O)OCC(=O)Nc1cccc([N+](=O)[O-])c1)N1C(=O)[C@H]2C3c4ccccc4C(c4ccccc43)[C@@H]2C1=O. The van der Waals surface area contributed by atoms with Gasteiger partial charge in [-0.05, 0) is 40.7 Å². The predicted molar refractivity (Wildman–Crippen MR) is 151 cm³/mol. The number of rotatable bonds is 8. The summed E-state index contributed by atoms with van der Waals surface area (Å²) in [5.74, 6) is -4.27. The molecule has 10 nitrogen and oxygen atoms in total. The van der Waals surface area contributed by atoms with Gasteiger partial charge in [0, 0.05) is 29.7 Å². The Bertz CT molecular complexity index is 1520. The molecule has 0 saturated carbocycles. The molecule has 1 saturated heterocycles. The van der Waals surface area contributed by atoms with Crippen LogP contribution in [0, 0.1) is 27.9 Å². The van der Waals surface area contributed by atoms with Gasteiger partial charge in [-0.1, -0.05) is 68.4 Å². The van der Waals surface area contributed by atoms with Crippen molar-refractivity contribution in [1.82, 2.24) is 4.90 Å². The molecule has 4 aliphatic rings. The van der Waals surface area contributed by atoms with Gasteiger partial charge in [0.2, 0.25) is 11.8 Å². The summed E-state index contributed by atoms with van der Waals surface area (Å²) >= 11 is 0. The maximum Gasteiger partial charge on any atom is 0.329 e. The molecule has 2 bridgehead atoms. The van der Waals surface area contributed by atoms with Gasteiger partial charge in [-0.3, -0.25) is 29.4 Å². The van der Waals surface area contributed by atoms with Crippen molar-refractivity contribution >= 4 is 35.1 Å². The number of nitro benzene ring substituents is 1. The van der Waals surface area contributed by atoms with E-state index in [0.29, 0.717) is 0 Å². The van der Waals surface area contributed by atoms with Crippen molar-refractivity contribution < 1.29 is 28.8 Å². The average Bonchev–Trinajstić information content (AvgIpc) is 3.24. The van der Waals surface area contributed by atoms with E-state index in [1.54, 1.807) is 0 Å². The molecule has 0 radical (unpaired) electrons. The van der Waals surface area contributed by atoms with Crippen LogP contribution in [0.4, 0.5) is 11.4 Å². The van der Waals surface area contributed by atoms with E-state index in [1.807, 2.05) is 62.4 Å². The lowest BCUT2D eigenvalue weighted by molar-refractivity contribution is -0.384. The summed E-state index contributed by atoms with van der Waals surface area (Å²) < 4.78 is 5.34. The molecule has 42 heavy (non-hydrogen) atoms. The number of nitrogens with one attached hydrogen (secondary N) is 1. The first-order chi connectivity index (χ1) is 20.2. The number of likely N-dealkylation sites (tertiary alicyclic amines) is 1. The van der Waals surface area contributed by atoms with Crippen LogP contribution in [0.15, 0.2) is 72.8 Å². The van der Waals surface area contributed by atoms with Gasteiger partial charge in [-0.25, -0.2) is 4.79 Å². The van der Waals surface area contributed by atoms with Crippen molar-refractivity contribution in [3.63, 3.8) is 0 Å². The van der Waals surface area contributed by atoms with Crippen LogP contribution in [0.25, 0.3) is 0 Å². The molecule has 1 N–H and O–H groups in total. The van der Waals surface area contributed by atoms with Crippen LogP contribution >= 0.6 is 0 Å².